The highest BCUT2D eigenvalue weighted by Gasteiger charge is 2.27. The lowest BCUT2D eigenvalue weighted by Gasteiger charge is -2.10. The molecule has 0 unspecified atom stereocenters. The van der Waals surface area contributed by atoms with Gasteiger partial charge in [0.1, 0.15) is 0 Å². The van der Waals surface area contributed by atoms with E-state index in [0.717, 1.165) is 18.9 Å². The van der Waals surface area contributed by atoms with Crippen LogP contribution in [0.5, 0.6) is 0 Å². The molecule has 0 spiro atoms. The van der Waals surface area contributed by atoms with Crippen LogP contribution in [0.4, 0.5) is 0 Å². The second-order valence-electron chi connectivity index (χ2n) is 3.17. The molecular weight excluding hydrogens is 243 g/mol. The van der Waals surface area contributed by atoms with Crippen molar-refractivity contribution in [3.05, 3.63) is 0 Å². The van der Waals surface area contributed by atoms with Crippen molar-refractivity contribution in [1.82, 2.24) is 0 Å². The normalized spacial score (nSPS) is 12.7. The molecule has 0 amide bonds. The van der Waals surface area contributed by atoms with Gasteiger partial charge in [0, 0.05) is 0 Å². The molecule has 9 heteroatoms. The zero-order valence-corrected chi connectivity index (χ0v) is 10.6. The van der Waals surface area contributed by atoms with Gasteiger partial charge in [-0.15, -0.1) is 0 Å². The van der Waals surface area contributed by atoms with Gasteiger partial charge in [0.15, 0.2) is 0 Å². The number of hydrogen-bond donors (Lipinski definition) is 0. The van der Waals surface area contributed by atoms with E-state index >= 15 is 0 Å². The van der Waals surface area contributed by atoms with Crippen molar-refractivity contribution in [2.75, 3.05) is 12.5 Å². The minimum Gasteiger partial charge on any atom is -0.298 e. The van der Waals surface area contributed by atoms with Gasteiger partial charge in [-0.05, 0) is 6.32 Å². The molecule has 0 N–H and O–H groups in total. The van der Waals surface area contributed by atoms with Gasteiger partial charge in [-0.25, -0.2) is 16.8 Å². The Morgan fingerprint density at radius 1 is 1.00 bits per heavy atom. The third-order valence-corrected chi connectivity index (χ3v) is 2.49. The summed E-state index contributed by atoms with van der Waals surface area (Å²) in [5.41, 5.74) is 0. The van der Waals surface area contributed by atoms with E-state index in [1.807, 2.05) is 6.92 Å². The molecule has 0 aromatic carbocycles. The smallest absolute Gasteiger partial charge is 0.298 e. The first-order valence-corrected chi connectivity index (χ1v) is 8.04. The van der Waals surface area contributed by atoms with Crippen LogP contribution in [-0.4, -0.2) is 36.5 Å². The monoisotopic (exact) mass is 258 g/mol. The van der Waals surface area contributed by atoms with E-state index in [2.05, 4.69) is 8.20 Å². The maximum Gasteiger partial charge on any atom is 0.488 e. The van der Waals surface area contributed by atoms with Gasteiger partial charge in [0.25, 0.3) is 20.2 Å². The third-order valence-electron chi connectivity index (χ3n) is 1.36. The molecule has 0 bridgehead atoms. The lowest BCUT2D eigenvalue weighted by atomic mass is 9.84. The van der Waals surface area contributed by atoms with Crippen LogP contribution >= 0.6 is 0 Å². The second-order valence-corrected chi connectivity index (χ2v) is 6.37. The summed E-state index contributed by atoms with van der Waals surface area (Å²) in [6, 6.07) is 0. The molecule has 90 valence electrons. The Morgan fingerprint density at radius 3 is 1.67 bits per heavy atom. The highest BCUT2D eigenvalue weighted by Crippen LogP contribution is 2.09. The van der Waals surface area contributed by atoms with Crippen molar-refractivity contribution in [3.63, 3.8) is 0 Å². The van der Waals surface area contributed by atoms with Gasteiger partial charge in [0.2, 0.25) is 0 Å². The molecule has 0 aliphatic heterocycles. The van der Waals surface area contributed by atoms with E-state index < -0.39 is 27.4 Å². The van der Waals surface area contributed by atoms with Crippen LogP contribution in [-0.2, 0) is 28.4 Å². The van der Waals surface area contributed by atoms with Gasteiger partial charge in [-0.3, -0.25) is 8.20 Å². The van der Waals surface area contributed by atoms with Gasteiger partial charge in [0.05, 0.1) is 12.5 Å². The molecule has 0 aromatic rings. The predicted octanol–water partition coefficient (Wildman–Crippen LogP) is 0.227. The fraction of sp³-hybridized carbons (Fsp3) is 1.00. The molecule has 0 saturated carbocycles. The maximum absolute atomic E-state index is 10.8. The highest BCUT2D eigenvalue weighted by molar-refractivity contribution is 7.88. The van der Waals surface area contributed by atoms with Crippen LogP contribution in [0.25, 0.3) is 0 Å². The quantitative estimate of drug-likeness (QED) is 0.607. The van der Waals surface area contributed by atoms with Crippen molar-refractivity contribution >= 4 is 27.4 Å². The van der Waals surface area contributed by atoms with Crippen LogP contribution < -0.4 is 0 Å². The Bertz CT molecular complexity index is 338. The number of unbranched alkanes of at least 4 members (excludes halogenated alkanes) is 1. The third kappa shape index (κ3) is 10.2. The summed E-state index contributed by atoms with van der Waals surface area (Å²) in [6.07, 6.45) is 3.32. The van der Waals surface area contributed by atoms with Crippen molar-refractivity contribution in [3.8, 4) is 0 Å². The lowest BCUT2D eigenvalue weighted by molar-refractivity contribution is 0.407. The van der Waals surface area contributed by atoms with Crippen molar-refractivity contribution in [2.24, 2.45) is 0 Å². The molecule has 0 fully saturated rings. The zero-order chi connectivity index (χ0) is 12.1. The van der Waals surface area contributed by atoms with E-state index in [1.54, 1.807) is 0 Å². The number of hydrogen-bond acceptors (Lipinski definition) is 6. The molecule has 6 nitrogen and oxygen atoms in total. The van der Waals surface area contributed by atoms with Gasteiger partial charge in [-0.1, -0.05) is 19.8 Å². The molecule has 0 aliphatic rings. The Kier molecular flexibility index (Phi) is 5.79. The van der Waals surface area contributed by atoms with E-state index in [1.165, 1.54) is 0 Å². The van der Waals surface area contributed by atoms with Crippen LogP contribution in [0.15, 0.2) is 0 Å². The second kappa shape index (κ2) is 5.83. The van der Waals surface area contributed by atoms with E-state index in [4.69, 9.17) is 0 Å². The van der Waals surface area contributed by atoms with E-state index in [0.29, 0.717) is 6.42 Å². The predicted molar refractivity (Wildman–Crippen MR) is 57.3 cm³/mol. The largest absolute Gasteiger partial charge is 0.488 e. The zero-order valence-electron chi connectivity index (χ0n) is 8.96. The molecule has 0 saturated heterocycles. The topological polar surface area (TPSA) is 86.7 Å². The van der Waals surface area contributed by atoms with Gasteiger partial charge >= 0.3 is 7.12 Å². The van der Waals surface area contributed by atoms with Gasteiger partial charge in [-0.2, -0.15) is 0 Å². The maximum atomic E-state index is 10.8. The first kappa shape index (κ1) is 14.9. The summed E-state index contributed by atoms with van der Waals surface area (Å²) in [6.45, 7) is 1.89. The first-order valence-electron chi connectivity index (χ1n) is 4.40. The fourth-order valence-electron chi connectivity index (χ4n) is 0.873. The standard InChI is InChI=1S/C6H15BO6S2/c1-4-5-6-7(12-14(2,8)9)13-15(3,10)11/h4-6H2,1-3H3. The molecule has 0 atom stereocenters. The van der Waals surface area contributed by atoms with Crippen LogP contribution in [0.3, 0.4) is 0 Å². The Hall–Kier alpha value is -0.115. The average molecular weight is 258 g/mol. The average Bonchev–Trinajstić information content (AvgIpc) is 1.94. The Balaban J connectivity index is 4.45. The summed E-state index contributed by atoms with van der Waals surface area (Å²) >= 11 is 0. The van der Waals surface area contributed by atoms with Crippen molar-refractivity contribution in [2.45, 2.75) is 26.1 Å². The van der Waals surface area contributed by atoms with Crippen LogP contribution in [0.1, 0.15) is 19.8 Å². The number of rotatable bonds is 7. The summed E-state index contributed by atoms with van der Waals surface area (Å²) in [7, 11) is -8.69. The fourth-order valence-corrected chi connectivity index (χ4v) is 1.97. The van der Waals surface area contributed by atoms with E-state index in [-0.39, 0.29) is 6.32 Å². The molecule has 0 heterocycles. The highest BCUT2D eigenvalue weighted by atomic mass is 32.2. The van der Waals surface area contributed by atoms with Crippen LogP contribution in [0.2, 0.25) is 6.32 Å². The van der Waals surface area contributed by atoms with Gasteiger partial charge < -0.3 is 0 Å². The molecule has 0 rings (SSSR count). The SMILES string of the molecule is CCCCB(OS(C)(=O)=O)OS(C)(=O)=O. The molecule has 0 aromatic heterocycles. The molecular formula is C6H15BO6S2. The van der Waals surface area contributed by atoms with E-state index in [9.17, 15) is 16.8 Å². The summed E-state index contributed by atoms with van der Waals surface area (Å²) in [4.78, 5) is 0. The summed E-state index contributed by atoms with van der Waals surface area (Å²) < 4.78 is 52.1. The van der Waals surface area contributed by atoms with Crippen LogP contribution in [0, 0.1) is 0 Å². The minimum atomic E-state index is -3.72. The molecule has 15 heavy (non-hydrogen) atoms. The molecule has 0 radical (unpaired) electrons. The lowest BCUT2D eigenvalue weighted by Crippen LogP contribution is -2.28. The Morgan fingerprint density at radius 2 is 1.40 bits per heavy atom. The Labute approximate surface area is 91.4 Å². The van der Waals surface area contributed by atoms with Crippen molar-refractivity contribution < 1.29 is 25.0 Å². The summed E-state index contributed by atoms with van der Waals surface area (Å²) in [5, 5.41) is 0. The summed E-state index contributed by atoms with van der Waals surface area (Å²) in [5.74, 6) is 0. The molecule has 0 aliphatic carbocycles. The van der Waals surface area contributed by atoms with Crippen molar-refractivity contribution in [1.29, 1.82) is 0 Å². The minimum absolute atomic E-state index is 0.219. The first-order chi connectivity index (χ1) is 6.64.